The number of nitrogens with two attached hydrogens (primary N) is 1. The van der Waals surface area contributed by atoms with Crippen molar-refractivity contribution < 1.29 is 9.84 Å². The third kappa shape index (κ3) is 4.00. The molecule has 0 aliphatic heterocycles. The van der Waals surface area contributed by atoms with Crippen LogP contribution in [0, 0.1) is 0 Å². The first-order valence-electron chi connectivity index (χ1n) is 5.78. The van der Waals surface area contributed by atoms with Crippen molar-refractivity contribution in [2.24, 2.45) is 5.73 Å². The quantitative estimate of drug-likeness (QED) is 0.780. The van der Waals surface area contributed by atoms with Crippen LogP contribution in [0.25, 0.3) is 0 Å². The van der Waals surface area contributed by atoms with E-state index in [2.05, 4.69) is 4.90 Å². The van der Waals surface area contributed by atoms with Gasteiger partial charge in [0.15, 0.2) is 0 Å². The number of hydrogen-bond donors (Lipinski definition) is 2. The van der Waals surface area contributed by atoms with Gasteiger partial charge >= 0.3 is 0 Å². The molecular formula is C13H22N2O2. The van der Waals surface area contributed by atoms with Crippen LogP contribution in [0.3, 0.4) is 0 Å². The average molecular weight is 238 g/mol. The van der Waals surface area contributed by atoms with E-state index in [0.29, 0.717) is 13.0 Å². The van der Waals surface area contributed by atoms with Crippen molar-refractivity contribution in [1.29, 1.82) is 0 Å². The highest BCUT2D eigenvalue weighted by atomic mass is 16.5. The first kappa shape index (κ1) is 14.0. The van der Waals surface area contributed by atoms with Crippen molar-refractivity contribution in [1.82, 2.24) is 4.90 Å². The molecule has 0 radical (unpaired) electrons. The lowest BCUT2D eigenvalue weighted by Gasteiger charge is -2.17. The molecule has 3 N–H and O–H groups in total. The minimum atomic E-state index is -0.494. The Labute approximate surface area is 103 Å². The number of nitrogens with zero attached hydrogens (tertiary/aromatic N) is 1. The lowest BCUT2D eigenvalue weighted by molar-refractivity contribution is 0.170. The van der Waals surface area contributed by atoms with E-state index in [0.717, 1.165) is 23.4 Å². The van der Waals surface area contributed by atoms with Crippen LogP contribution < -0.4 is 10.5 Å². The lowest BCUT2D eigenvalue weighted by Crippen LogP contribution is -2.13. The molecule has 1 aromatic carbocycles. The Balaban J connectivity index is 2.95. The van der Waals surface area contributed by atoms with E-state index in [1.165, 1.54) is 0 Å². The van der Waals surface area contributed by atoms with Gasteiger partial charge < -0.3 is 20.5 Å². The second kappa shape index (κ2) is 6.59. The van der Waals surface area contributed by atoms with E-state index < -0.39 is 6.10 Å². The first-order valence-corrected chi connectivity index (χ1v) is 5.78. The van der Waals surface area contributed by atoms with Gasteiger partial charge in [-0.3, -0.25) is 0 Å². The number of aliphatic hydroxyl groups is 1. The van der Waals surface area contributed by atoms with Crippen molar-refractivity contribution >= 4 is 0 Å². The highest BCUT2D eigenvalue weighted by molar-refractivity contribution is 5.38. The van der Waals surface area contributed by atoms with Crippen LogP contribution >= 0.6 is 0 Å². The van der Waals surface area contributed by atoms with E-state index in [-0.39, 0.29) is 0 Å². The zero-order valence-electron chi connectivity index (χ0n) is 10.8. The molecule has 0 saturated heterocycles. The molecule has 1 rings (SSSR count). The molecule has 96 valence electrons. The van der Waals surface area contributed by atoms with E-state index in [1.807, 2.05) is 32.3 Å². The second-order valence-electron chi connectivity index (χ2n) is 4.40. The standard InChI is InChI=1S/C13H22N2O2/c1-15(2)9-11-8-10(12(16)6-7-14)4-5-13(11)17-3/h4-5,8,12,16H,6-7,9,14H2,1-3H3. The fourth-order valence-electron chi connectivity index (χ4n) is 1.79. The molecule has 0 saturated carbocycles. The zero-order chi connectivity index (χ0) is 12.8. The SMILES string of the molecule is COc1ccc(C(O)CCN)cc1CN(C)C. The number of methoxy groups -OCH3 is 1. The molecule has 0 bridgehead atoms. The fraction of sp³-hybridized carbons (Fsp3) is 0.538. The summed E-state index contributed by atoms with van der Waals surface area (Å²) in [5, 5.41) is 9.91. The van der Waals surface area contributed by atoms with Crippen molar-refractivity contribution in [3.05, 3.63) is 29.3 Å². The van der Waals surface area contributed by atoms with E-state index >= 15 is 0 Å². The van der Waals surface area contributed by atoms with Gasteiger partial charge in [0.1, 0.15) is 5.75 Å². The van der Waals surface area contributed by atoms with Gasteiger partial charge in [-0.2, -0.15) is 0 Å². The van der Waals surface area contributed by atoms with Crippen LogP contribution in [0.1, 0.15) is 23.7 Å². The lowest BCUT2D eigenvalue weighted by atomic mass is 10.0. The Morgan fingerprint density at radius 3 is 2.65 bits per heavy atom. The third-order valence-corrected chi connectivity index (χ3v) is 2.62. The number of rotatable bonds is 6. The summed E-state index contributed by atoms with van der Waals surface area (Å²) in [7, 11) is 5.66. The van der Waals surface area contributed by atoms with Gasteiger partial charge in [0.2, 0.25) is 0 Å². The maximum absolute atomic E-state index is 9.91. The summed E-state index contributed by atoms with van der Waals surface area (Å²) in [6, 6.07) is 5.77. The molecular weight excluding hydrogens is 216 g/mol. The van der Waals surface area contributed by atoms with Crippen LogP contribution in [0.5, 0.6) is 5.75 Å². The molecule has 1 atom stereocenters. The molecule has 0 heterocycles. The fourth-order valence-corrected chi connectivity index (χ4v) is 1.79. The Kier molecular flexibility index (Phi) is 5.41. The monoisotopic (exact) mass is 238 g/mol. The molecule has 4 nitrogen and oxygen atoms in total. The number of hydrogen-bond acceptors (Lipinski definition) is 4. The Morgan fingerprint density at radius 1 is 1.41 bits per heavy atom. The molecule has 0 fully saturated rings. The molecule has 0 aliphatic carbocycles. The summed E-state index contributed by atoms with van der Waals surface area (Å²) < 4.78 is 5.31. The smallest absolute Gasteiger partial charge is 0.123 e. The number of aliphatic hydroxyl groups excluding tert-OH is 1. The maximum atomic E-state index is 9.91. The predicted octanol–water partition coefficient (Wildman–Crippen LogP) is 1.14. The van der Waals surface area contributed by atoms with Crippen molar-refractivity contribution in [2.45, 2.75) is 19.1 Å². The normalized spacial score (nSPS) is 12.8. The van der Waals surface area contributed by atoms with Crippen LogP contribution in [0.4, 0.5) is 0 Å². The summed E-state index contributed by atoms with van der Waals surface area (Å²) in [4.78, 5) is 2.07. The molecule has 0 amide bonds. The van der Waals surface area contributed by atoms with Gasteiger partial charge in [-0.25, -0.2) is 0 Å². The molecule has 4 heteroatoms. The molecule has 1 unspecified atom stereocenters. The topological polar surface area (TPSA) is 58.7 Å². The van der Waals surface area contributed by atoms with Crippen LogP contribution in [-0.2, 0) is 6.54 Å². The Hall–Kier alpha value is -1.10. The van der Waals surface area contributed by atoms with Crippen LogP contribution in [0.15, 0.2) is 18.2 Å². The summed E-state index contributed by atoms with van der Waals surface area (Å²) in [6.07, 6.45) is 0.0834. The van der Waals surface area contributed by atoms with Crippen molar-refractivity contribution in [3.63, 3.8) is 0 Å². The van der Waals surface area contributed by atoms with Crippen molar-refractivity contribution in [3.8, 4) is 5.75 Å². The average Bonchev–Trinajstić information content (AvgIpc) is 2.28. The van der Waals surface area contributed by atoms with Crippen LogP contribution in [-0.4, -0.2) is 37.8 Å². The molecule has 0 aromatic heterocycles. The zero-order valence-corrected chi connectivity index (χ0v) is 10.8. The Bertz CT molecular complexity index is 353. The molecule has 1 aromatic rings. The summed E-state index contributed by atoms with van der Waals surface area (Å²) in [5.41, 5.74) is 7.42. The molecule has 0 aliphatic rings. The molecule has 17 heavy (non-hydrogen) atoms. The van der Waals surface area contributed by atoms with Gasteiger partial charge in [0, 0.05) is 12.1 Å². The highest BCUT2D eigenvalue weighted by Crippen LogP contribution is 2.25. The van der Waals surface area contributed by atoms with E-state index in [4.69, 9.17) is 10.5 Å². The second-order valence-corrected chi connectivity index (χ2v) is 4.40. The summed E-state index contributed by atoms with van der Waals surface area (Å²) in [6.45, 7) is 1.27. The Morgan fingerprint density at radius 2 is 2.12 bits per heavy atom. The predicted molar refractivity (Wildman–Crippen MR) is 69.0 cm³/mol. The highest BCUT2D eigenvalue weighted by Gasteiger charge is 2.11. The van der Waals surface area contributed by atoms with Gasteiger partial charge in [0.05, 0.1) is 13.2 Å². The number of benzene rings is 1. The van der Waals surface area contributed by atoms with E-state index in [9.17, 15) is 5.11 Å². The van der Waals surface area contributed by atoms with Gasteiger partial charge in [-0.05, 0) is 44.8 Å². The van der Waals surface area contributed by atoms with E-state index in [1.54, 1.807) is 7.11 Å². The molecule has 0 spiro atoms. The van der Waals surface area contributed by atoms with Gasteiger partial charge in [-0.15, -0.1) is 0 Å². The maximum Gasteiger partial charge on any atom is 0.123 e. The van der Waals surface area contributed by atoms with Gasteiger partial charge in [0.25, 0.3) is 0 Å². The number of ether oxygens (including phenoxy) is 1. The first-order chi connectivity index (χ1) is 8.08. The minimum absolute atomic E-state index is 0.482. The van der Waals surface area contributed by atoms with Crippen LogP contribution in [0.2, 0.25) is 0 Å². The third-order valence-electron chi connectivity index (χ3n) is 2.62. The summed E-state index contributed by atoms with van der Waals surface area (Å²) in [5.74, 6) is 0.849. The van der Waals surface area contributed by atoms with Gasteiger partial charge in [-0.1, -0.05) is 6.07 Å². The minimum Gasteiger partial charge on any atom is -0.496 e. The van der Waals surface area contributed by atoms with Crippen molar-refractivity contribution in [2.75, 3.05) is 27.7 Å². The summed E-state index contributed by atoms with van der Waals surface area (Å²) >= 11 is 0. The largest absolute Gasteiger partial charge is 0.496 e.